The molecule has 0 bridgehead atoms. The normalized spacial score (nSPS) is 23.3. The van der Waals surface area contributed by atoms with Gasteiger partial charge in [0, 0.05) is 10.8 Å². The molecule has 0 radical (unpaired) electrons. The summed E-state index contributed by atoms with van der Waals surface area (Å²) in [5.74, 6) is 1.77. The van der Waals surface area contributed by atoms with E-state index in [0.717, 1.165) is 17.0 Å². The lowest BCUT2D eigenvalue weighted by molar-refractivity contribution is 0.102. The molecule has 104 valence electrons. The Kier molecular flexibility index (Phi) is 5.09. The molecule has 0 spiro atoms. The molecule has 2 atom stereocenters. The van der Waals surface area contributed by atoms with Gasteiger partial charge in [0.15, 0.2) is 5.78 Å². The van der Waals surface area contributed by atoms with E-state index in [1.54, 1.807) is 0 Å². The Labute approximate surface area is 121 Å². The van der Waals surface area contributed by atoms with Crippen LogP contribution in [0.15, 0.2) is 18.2 Å². The Bertz CT molecular complexity index is 453. The summed E-state index contributed by atoms with van der Waals surface area (Å²) >= 11 is 1.87. The molecule has 2 heteroatoms. The highest BCUT2D eigenvalue weighted by Gasteiger charge is 2.20. The van der Waals surface area contributed by atoms with Crippen molar-refractivity contribution in [1.29, 1.82) is 0 Å². The van der Waals surface area contributed by atoms with Gasteiger partial charge in [-0.2, -0.15) is 11.8 Å². The van der Waals surface area contributed by atoms with Crippen LogP contribution in [0.25, 0.3) is 0 Å². The summed E-state index contributed by atoms with van der Waals surface area (Å²) in [5.41, 5.74) is 3.19. The van der Waals surface area contributed by atoms with Crippen LogP contribution in [-0.2, 0) is 0 Å². The molecule has 1 aliphatic rings. The van der Waals surface area contributed by atoms with Crippen molar-refractivity contribution in [3.63, 3.8) is 0 Å². The van der Waals surface area contributed by atoms with Crippen molar-refractivity contribution >= 4 is 17.5 Å². The third kappa shape index (κ3) is 4.10. The topological polar surface area (TPSA) is 17.1 Å². The van der Waals surface area contributed by atoms with Gasteiger partial charge >= 0.3 is 0 Å². The smallest absolute Gasteiger partial charge is 0.173 e. The van der Waals surface area contributed by atoms with Gasteiger partial charge < -0.3 is 0 Å². The Hall–Kier alpha value is -0.760. The van der Waals surface area contributed by atoms with E-state index in [0.29, 0.717) is 16.8 Å². The fourth-order valence-electron chi connectivity index (χ4n) is 2.84. The van der Waals surface area contributed by atoms with Crippen molar-refractivity contribution < 1.29 is 4.79 Å². The minimum absolute atomic E-state index is 0.296. The maximum absolute atomic E-state index is 12.3. The summed E-state index contributed by atoms with van der Waals surface area (Å²) in [7, 11) is 0. The average Bonchev–Trinajstić information content (AvgIpc) is 2.39. The molecule has 1 fully saturated rings. The lowest BCUT2D eigenvalue weighted by atomic mass is 9.91. The summed E-state index contributed by atoms with van der Waals surface area (Å²) in [6.45, 7) is 6.41. The number of rotatable bonds is 4. The molecule has 2 unspecified atom stereocenters. The van der Waals surface area contributed by atoms with Crippen molar-refractivity contribution in [2.45, 2.75) is 51.7 Å². The molecule has 0 N–H and O–H groups in total. The molecule has 0 heterocycles. The van der Waals surface area contributed by atoms with Crippen LogP contribution in [0, 0.1) is 19.8 Å². The summed E-state index contributed by atoms with van der Waals surface area (Å²) in [4.78, 5) is 12.3. The van der Waals surface area contributed by atoms with Crippen molar-refractivity contribution in [2.24, 2.45) is 5.92 Å². The number of hydrogen-bond donors (Lipinski definition) is 0. The van der Waals surface area contributed by atoms with E-state index in [-0.39, 0.29) is 0 Å². The molecule has 1 nitrogen and oxygen atoms in total. The van der Waals surface area contributed by atoms with Crippen LogP contribution in [0.5, 0.6) is 0 Å². The molecule has 1 saturated carbocycles. The van der Waals surface area contributed by atoms with Crippen LogP contribution in [0.4, 0.5) is 0 Å². The largest absolute Gasteiger partial charge is 0.293 e. The highest BCUT2D eigenvalue weighted by molar-refractivity contribution is 8.00. The van der Waals surface area contributed by atoms with Gasteiger partial charge in [0.25, 0.3) is 0 Å². The van der Waals surface area contributed by atoms with Crippen molar-refractivity contribution in [3.05, 3.63) is 34.9 Å². The van der Waals surface area contributed by atoms with E-state index in [1.807, 2.05) is 31.7 Å². The van der Waals surface area contributed by atoms with Gasteiger partial charge in [0.05, 0.1) is 5.75 Å². The first-order valence-corrected chi connectivity index (χ1v) is 8.33. The SMILES string of the molecule is Cc1ccc(C)c(C(=O)CSC2CCCC(C)C2)c1. The minimum atomic E-state index is 0.296. The minimum Gasteiger partial charge on any atom is -0.293 e. The monoisotopic (exact) mass is 276 g/mol. The number of ketones is 1. The average molecular weight is 276 g/mol. The third-order valence-corrected chi connectivity index (χ3v) is 5.36. The Morgan fingerprint density at radius 1 is 1.32 bits per heavy atom. The molecule has 1 aromatic rings. The van der Waals surface area contributed by atoms with Gasteiger partial charge in [-0.3, -0.25) is 4.79 Å². The van der Waals surface area contributed by atoms with Crippen LogP contribution in [0.1, 0.15) is 54.1 Å². The lowest BCUT2D eigenvalue weighted by Crippen LogP contribution is -2.17. The molecule has 1 aromatic carbocycles. The summed E-state index contributed by atoms with van der Waals surface area (Å²) < 4.78 is 0. The fraction of sp³-hybridized carbons (Fsp3) is 0.588. The number of thioether (sulfide) groups is 1. The van der Waals surface area contributed by atoms with E-state index in [9.17, 15) is 4.79 Å². The first-order chi connectivity index (χ1) is 9.06. The van der Waals surface area contributed by atoms with E-state index in [2.05, 4.69) is 19.1 Å². The fourth-order valence-corrected chi connectivity index (χ4v) is 4.18. The van der Waals surface area contributed by atoms with Crippen LogP contribution in [-0.4, -0.2) is 16.8 Å². The van der Waals surface area contributed by atoms with Crippen LogP contribution < -0.4 is 0 Å². The van der Waals surface area contributed by atoms with E-state index in [4.69, 9.17) is 0 Å². The maximum Gasteiger partial charge on any atom is 0.173 e. The molecule has 2 rings (SSSR count). The quantitative estimate of drug-likeness (QED) is 0.735. The molecular weight excluding hydrogens is 252 g/mol. The van der Waals surface area contributed by atoms with Crippen molar-refractivity contribution in [2.75, 3.05) is 5.75 Å². The van der Waals surface area contributed by atoms with Gasteiger partial charge in [-0.15, -0.1) is 0 Å². The van der Waals surface area contributed by atoms with Crippen LogP contribution in [0.2, 0.25) is 0 Å². The molecule has 0 saturated heterocycles. The van der Waals surface area contributed by atoms with Gasteiger partial charge in [-0.25, -0.2) is 0 Å². The van der Waals surface area contributed by atoms with Crippen LogP contribution in [0.3, 0.4) is 0 Å². The van der Waals surface area contributed by atoms with E-state index < -0.39 is 0 Å². The number of benzene rings is 1. The Morgan fingerprint density at radius 3 is 2.84 bits per heavy atom. The van der Waals surface area contributed by atoms with Gasteiger partial charge in [0.2, 0.25) is 0 Å². The summed E-state index contributed by atoms with van der Waals surface area (Å²) in [6.07, 6.45) is 5.26. The van der Waals surface area contributed by atoms with Crippen molar-refractivity contribution in [1.82, 2.24) is 0 Å². The predicted octanol–water partition coefficient (Wildman–Crippen LogP) is 4.80. The molecule has 19 heavy (non-hydrogen) atoms. The van der Waals surface area contributed by atoms with Gasteiger partial charge in [-0.05, 0) is 44.2 Å². The van der Waals surface area contributed by atoms with Crippen molar-refractivity contribution in [3.8, 4) is 0 Å². The molecule has 0 aliphatic heterocycles. The Balaban J connectivity index is 1.92. The number of Topliss-reactive ketones (excluding diaryl/α,β-unsaturated/α-hetero) is 1. The number of hydrogen-bond acceptors (Lipinski definition) is 2. The number of aryl methyl sites for hydroxylation is 2. The van der Waals surface area contributed by atoms with Gasteiger partial charge in [0.1, 0.15) is 0 Å². The van der Waals surface area contributed by atoms with Crippen LogP contribution >= 0.6 is 11.8 Å². The molecule has 0 amide bonds. The first kappa shape index (κ1) is 14.6. The Morgan fingerprint density at radius 2 is 2.11 bits per heavy atom. The molecule has 0 aromatic heterocycles. The predicted molar refractivity (Wildman–Crippen MR) is 84.1 cm³/mol. The zero-order valence-electron chi connectivity index (χ0n) is 12.2. The third-order valence-electron chi connectivity index (χ3n) is 4.03. The zero-order chi connectivity index (χ0) is 13.8. The lowest BCUT2D eigenvalue weighted by Gasteiger charge is -2.26. The zero-order valence-corrected chi connectivity index (χ0v) is 13.1. The number of carbonyl (C=O) groups is 1. The summed E-state index contributed by atoms with van der Waals surface area (Å²) in [6, 6.07) is 6.15. The standard InChI is InChI=1S/C17H24OS/c1-12-5-4-6-15(9-12)19-11-17(18)16-10-13(2)7-8-14(16)3/h7-8,10,12,15H,4-6,9,11H2,1-3H3. The first-order valence-electron chi connectivity index (χ1n) is 7.28. The molecule has 1 aliphatic carbocycles. The summed E-state index contributed by atoms with van der Waals surface area (Å²) in [5, 5.41) is 0.692. The second-order valence-electron chi connectivity index (χ2n) is 5.95. The van der Waals surface area contributed by atoms with E-state index >= 15 is 0 Å². The second kappa shape index (κ2) is 6.60. The highest BCUT2D eigenvalue weighted by Crippen LogP contribution is 2.32. The second-order valence-corrected chi connectivity index (χ2v) is 7.24. The highest BCUT2D eigenvalue weighted by atomic mass is 32.2. The van der Waals surface area contributed by atoms with Gasteiger partial charge in [-0.1, -0.05) is 37.5 Å². The van der Waals surface area contributed by atoms with E-state index in [1.165, 1.54) is 31.2 Å². The number of carbonyl (C=O) groups excluding carboxylic acids is 1. The maximum atomic E-state index is 12.3. The molecular formula is C17H24OS.